The molecule has 6 heteroatoms. The van der Waals surface area contributed by atoms with Gasteiger partial charge in [0.15, 0.2) is 11.7 Å². The fraction of sp³-hybridized carbons (Fsp3) is 0.333. The maximum absolute atomic E-state index is 12.1. The number of nitrogens with one attached hydrogen (secondary N) is 2. The fourth-order valence-electron chi connectivity index (χ4n) is 2.92. The molecule has 0 aliphatic heterocycles. The Labute approximate surface area is 171 Å². The number of benzene rings is 2. The highest BCUT2D eigenvalue weighted by atomic mass is 35.5. The zero-order chi connectivity index (χ0) is 20.1. The summed E-state index contributed by atoms with van der Waals surface area (Å²) in [7, 11) is 0. The molecule has 0 spiro atoms. The van der Waals surface area contributed by atoms with Crippen LogP contribution in [0, 0.1) is 20.8 Å². The van der Waals surface area contributed by atoms with Crippen molar-refractivity contribution in [2.45, 2.75) is 40.5 Å². The number of aryl methyl sites for hydroxylation is 3. The summed E-state index contributed by atoms with van der Waals surface area (Å²) in [5.74, 6) is 0.769. The van der Waals surface area contributed by atoms with Gasteiger partial charge in [0, 0.05) is 0 Å². The third-order valence-corrected chi connectivity index (χ3v) is 4.66. The van der Waals surface area contributed by atoms with Crippen molar-refractivity contribution in [3.05, 3.63) is 57.6 Å². The van der Waals surface area contributed by atoms with Crippen LogP contribution in [0.1, 0.15) is 42.0 Å². The molecule has 2 aromatic carbocycles. The minimum Gasteiger partial charge on any atom is -0.484 e. The van der Waals surface area contributed by atoms with Crippen LogP contribution in [0.5, 0.6) is 5.75 Å². The monoisotopic (exact) mass is 404 g/mol. The highest BCUT2D eigenvalue weighted by Crippen LogP contribution is 2.27. The predicted molar refractivity (Wildman–Crippen MR) is 116 cm³/mol. The van der Waals surface area contributed by atoms with Crippen LogP contribution < -0.4 is 15.4 Å². The summed E-state index contributed by atoms with van der Waals surface area (Å²) in [5, 5.41) is 6.33. The van der Waals surface area contributed by atoms with Crippen molar-refractivity contribution >= 4 is 40.5 Å². The number of halogens is 1. The molecule has 2 aromatic rings. The molecule has 0 saturated carbocycles. The molecular weight excluding hydrogens is 380 g/mol. The lowest BCUT2D eigenvalue weighted by Crippen LogP contribution is -2.37. The lowest BCUT2D eigenvalue weighted by atomic mass is 9.98. The van der Waals surface area contributed by atoms with Crippen LogP contribution in [0.4, 0.5) is 5.69 Å². The number of carbonyl (C=O) groups is 1. The number of ether oxygens (including phenoxy) is 1. The van der Waals surface area contributed by atoms with Gasteiger partial charge < -0.3 is 10.1 Å². The van der Waals surface area contributed by atoms with Crippen molar-refractivity contribution in [1.29, 1.82) is 0 Å². The van der Waals surface area contributed by atoms with E-state index in [1.165, 1.54) is 5.56 Å². The first-order valence-corrected chi connectivity index (χ1v) is 9.57. The average molecular weight is 405 g/mol. The SMILES string of the molecule is Cc1cc(C)c(NC(=S)NC(=O)COc2ccc(C(C)C)c(C)c2)c(Cl)c1. The Morgan fingerprint density at radius 3 is 2.44 bits per heavy atom. The second-order valence-electron chi connectivity index (χ2n) is 6.90. The van der Waals surface area contributed by atoms with Gasteiger partial charge in [0.1, 0.15) is 5.75 Å². The molecule has 0 unspecified atom stereocenters. The normalized spacial score (nSPS) is 10.6. The molecule has 0 radical (unpaired) electrons. The molecule has 0 heterocycles. The van der Waals surface area contributed by atoms with E-state index in [1.54, 1.807) is 0 Å². The van der Waals surface area contributed by atoms with E-state index in [1.807, 2.05) is 51.1 Å². The van der Waals surface area contributed by atoms with Gasteiger partial charge in [-0.2, -0.15) is 0 Å². The van der Waals surface area contributed by atoms with Gasteiger partial charge in [-0.3, -0.25) is 10.1 Å². The Morgan fingerprint density at radius 2 is 1.85 bits per heavy atom. The second-order valence-corrected chi connectivity index (χ2v) is 7.72. The second kappa shape index (κ2) is 9.20. The third kappa shape index (κ3) is 5.94. The fourth-order valence-corrected chi connectivity index (χ4v) is 3.50. The van der Waals surface area contributed by atoms with Crippen molar-refractivity contribution < 1.29 is 9.53 Å². The van der Waals surface area contributed by atoms with Crippen LogP contribution in [-0.2, 0) is 4.79 Å². The van der Waals surface area contributed by atoms with E-state index in [0.717, 1.165) is 16.7 Å². The first-order valence-electron chi connectivity index (χ1n) is 8.78. The first kappa shape index (κ1) is 21.2. The molecule has 144 valence electrons. The molecule has 2 N–H and O–H groups in total. The third-order valence-electron chi connectivity index (χ3n) is 4.16. The summed E-state index contributed by atoms with van der Waals surface area (Å²) in [6, 6.07) is 9.68. The van der Waals surface area contributed by atoms with E-state index in [-0.39, 0.29) is 17.6 Å². The number of rotatable bonds is 5. The number of amides is 1. The molecule has 0 aromatic heterocycles. The quantitative estimate of drug-likeness (QED) is 0.665. The van der Waals surface area contributed by atoms with Gasteiger partial charge in [-0.25, -0.2) is 0 Å². The number of anilines is 1. The van der Waals surface area contributed by atoms with Crippen LogP contribution in [0.25, 0.3) is 0 Å². The van der Waals surface area contributed by atoms with Crippen molar-refractivity contribution in [2.75, 3.05) is 11.9 Å². The summed E-state index contributed by atoms with van der Waals surface area (Å²) in [5.41, 5.74) is 5.11. The van der Waals surface area contributed by atoms with Gasteiger partial charge in [-0.05, 0) is 79.4 Å². The summed E-state index contributed by atoms with van der Waals surface area (Å²) < 4.78 is 5.57. The van der Waals surface area contributed by atoms with Crippen molar-refractivity contribution in [3.8, 4) is 5.75 Å². The number of hydrogen-bond donors (Lipinski definition) is 2. The van der Waals surface area contributed by atoms with Gasteiger partial charge in [0.25, 0.3) is 5.91 Å². The topological polar surface area (TPSA) is 50.4 Å². The number of carbonyl (C=O) groups excluding carboxylic acids is 1. The highest BCUT2D eigenvalue weighted by molar-refractivity contribution is 7.80. The molecule has 0 bridgehead atoms. The number of thiocarbonyl (C=S) groups is 1. The van der Waals surface area contributed by atoms with E-state index in [9.17, 15) is 4.79 Å². The summed E-state index contributed by atoms with van der Waals surface area (Å²) in [6.07, 6.45) is 0. The van der Waals surface area contributed by atoms with Gasteiger partial charge in [0.05, 0.1) is 10.7 Å². The first-order chi connectivity index (χ1) is 12.7. The molecule has 0 aliphatic rings. The maximum Gasteiger partial charge on any atom is 0.264 e. The minimum absolute atomic E-state index is 0.122. The van der Waals surface area contributed by atoms with E-state index >= 15 is 0 Å². The van der Waals surface area contributed by atoms with E-state index in [2.05, 4.69) is 24.5 Å². The van der Waals surface area contributed by atoms with Crippen LogP contribution in [0.15, 0.2) is 30.3 Å². The molecule has 1 amide bonds. The van der Waals surface area contributed by atoms with E-state index in [0.29, 0.717) is 22.4 Å². The molecule has 4 nitrogen and oxygen atoms in total. The number of hydrogen-bond acceptors (Lipinski definition) is 3. The summed E-state index contributed by atoms with van der Waals surface area (Å²) >= 11 is 11.5. The minimum atomic E-state index is -0.334. The highest BCUT2D eigenvalue weighted by Gasteiger charge is 2.11. The Kier molecular flexibility index (Phi) is 7.22. The molecular formula is C21H25ClN2O2S. The lowest BCUT2D eigenvalue weighted by molar-refractivity contribution is -0.121. The Bertz CT molecular complexity index is 842. The smallest absolute Gasteiger partial charge is 0.264 e. The summed E-state index contributed by atoms with van der Waals surface area (Å²) in [6.45, 7) is 10.1. The predicted octanol–water partition coefficient (Wildman–Crippen LogP) is 5.28. The van der Waals surface area contributed by atoms with Crippen molar-refractivity contribution in [1.82, 2.24) is 5.32 Å². The Morgan fingerprint density at radius 1 is 1.15 bits per heavy atom. The van der Waals surface area contributed by atoms with Crippen molar-refractivity contribution in [2.24, 2.45) is 0 Å². The van der Waals surface area contributed by atoms with Gasteiger partial charge >= 0.3 is 0 Å². The molecule has 0 aliphatic carbocycles. The molecule has 0 saturated heterocycles. The van der Waals surface area contributed by atoms with Crippen molar-refractivity contribution in [3.63, 3.8) is 0 Å². The maximum atomic E-state index is 12.1. The largest absolute Gasteiger partial charge is 0.484 e. The molecule has 27 heavy (non-hydrogen) atoms. The standard InChI is InChI=1S/C21H25ClN2O2S/c1-12(2)17-7-6-16(10-14(17)4)26-11-19(25)23-21(27)24-20-15(5)8-13(3)9-18(20)22/h6-10,12H,11H2,1-5H3,(H2,23,24,25,27). The zero-order valence-electron chi connectivity index (χ0n) is 16.3. The molecule has 2 rings (SSSR count). The lowest BCUT2D eigenvalue weighted by Gasteiger charge is -2.15. The van der Waals surface area contributed by atoms with E-state index in [4.69, 9.17) is 28.6 Å². The van der Waals surface area contributed by atoms with Gasteiger partial charge in [-0.1, -0.05) is 37.6 Å². The van der Waals surface area contributed by atoms with Crippen LogP contribution >= 0.6 is 23.8 Å². The Balaban J connectivity index is 1.90. The average Bonchev–Trinajstić information content (AvgIpc) is 2.56. The van der Waals surface area contributed by atoms with Gasteiger partial charge in [0.2, 0.25) is 0 Å². The van der Waals surface area contributed by atoms with Gasteiger partial charge in [-0.15, -0.1) is 0 Å². The van der Waals surface area contributed by atoms with E-state index < -0.39 is 0 Å². The van der Waals surface area contributed by atoms with Crippen LogP contribution in [-0.4, -0.2) is 17.6 Å². The zero-order valence-corrected chi connectivity index (χ0v) is 17.8. The van der Waals surface area contributed by atoms with Crippen LogP contribution in [0.2, 0.25) is 5.02 Å². The molecule has 0 atom stereocenters. The Hall–Kier alpha value is -2.11. The van der Waals surface area contributed by atoms with Crippen LogP contribution in [0.3, 0.4) is 0 Å². The molecule has 0 fully saturated rings. The summed E-state index contributed by atoms with van der Waals surface area (Å²) in [4.78, 5) is 12.1.